The van der Waals surface area contributed by atoms with E-state index in [4.69, 9.17) is 9.47 Å². The Hall–Kier alpha value is -2.64. The second-order valence-electron chi connectivity index (χ2n) is 5.86. The summed E-state index contributed by atoms with van der Waals surface area (Å²) >= 11 is 4.71. The molecule has 28 heavy (non-hydrogen) atoms. The van der Waals surface area contributed by atoms with Crippen LogP contribution in [0.2, 0.25) is 0 Å². The number of carbonyl (C=O) groups is 2. The number of para-hydroxylation sites is 1. The lowest BCUT2D eigenvalue weighted by Crippen LogP contribution is -2.21. The zero-order chi connectivity index (χ0) is 20.1. The fourth-order valence-corrected chi connectivity index (χ4v) is 4.23. The number of amides is 1. The Morgan fingerprint density at radius 1 is 1.07 bits per heavy atom. The number of thiophene rings is 1. The SMILES string of the molecule is COC(=O)c1c(NC(=O)COc2ccccc2Br)sc(C)c1-c1ccccc1. The van der Waals surface area contributed by atoms with E-state index >= 15 is 0 Å². The Morgan fingerprint density at radius 3 is 2.43 bits per heavy atom. The number of esters is 1. The highest BCUT2D eigenvalue weighted by molar-refractivity contribution is 9.10. The number of hydrogen-bond acceptors (Lipinski definition) is 5. The zero-order valence-corrected chi connectivity index (χ0v) is 17.7. The minimum atomic E-state index is -0.495. The van der Waals surface area contributed by atoms with Crippen LogP contribution in [0.1, 0.15) is 15.2 Å². The van der Waals surface area contributed by atoms with Gasteiger partial charge in [-0.1, -0.05) is 42.5 Å². The first-order chi connectivity index (χ1) is 13.5. The summed E-state index contributed by atoms with van der Waals surface area (Å²) in [6, 6.07) is 16.8. The predicted molar refractivity (Wildman–Crippen MR) is 114 cm³/mol. The summed E-state index contributed by atoms with van der Waals surface area (Å²) in [5.41, 5.74) is 2.01. The van der Waals surface area contributed by atoms with Crippen molar-refractivity contribution in [1.82, 2.24) is 0 Å². The molecular weight excluding hydrogens is 442 g/mol. The van der Waals surface area contributed by atoms with Crippen molar-refractivity contribution in [3.05, 3.63) is 69.5 Å². The van der Waals surface area contributed by atoms with Gasteiger partial charge in [0.1, 0.15) is 16.3 Å². The van der Waals surface area contributed by atoms with Crippen LogP contribution < -0.4 is 10.1 Å². The van der Waals surface area contributed by atoms with E-state index in [0.29, 0.717) is 16.3 Å². The third kappa shape index (κ3) is 4.43. The minimum Gasteiger partial charge on any atom is -0.483 e. The van der Waals surface area contributed by atoms with Gasteiger partial charge in [0.15, 0.2) is 6.61 Å². The molecule has 0 atom stereocenters. The number of carbonyl (C=O) groups excluding carboxylic acids is 2. The van der Waals surface area contributed by atoms with E-state index < -0.39 is 5.97 Å². The first-order valence-corrected chi connectivity index (χ1v) is 10.1. The van der Waals surface area contributed by atoms with Crippen molar-refractivity contribution in [3.63, 3.8) is 0 Å². The summed E-state index contributed by atoms with van der Waals surface area (Å²) < 4.78 is 11.3. The van der Waals surface area contributed by atoms with Crippen LogP contribution in [0, 0.1) is 6.92 Å². The molecule has 7 heteroatoms. The third-order valence-electron chi connectivity index (χ3n) is 3.98. The molecule has 1 aromatic heterocycles. The predicted octanol–water partition coefficient (Wildman–Crippen LogP) is 5.29. The average Bonchev–Trinajstić information content (AvgIpc) is 3.03. The van der Waals surface area contributed by atoms with Crippen molar-refractivity contribution in [2.45, 2.75) is 6.92 Å². The topological polar surface area (TPSA) is 64.6 Å². The molecule has 0 bridgehead atoms. The normalized spacial score (nSPS) is 10.4. The van der Waals surface area contributed by atoms with Gasteiger partial charge in [-0.2, -0.15) is 0 Å². The van der Waals surface area contributed by atoms with Crippen LogP contribution in [0.25, 0.3) is 11.1 Å². The molecule has 3 aromatic rings. The number of methoxy groups -OCH3 is 1. The van der Waals surface area contributed by atoms with Crippen LogP contribution >= 0.6 is 27.3 Å². The van der Waals surface area contributed by atoms with Crippen molar-refractivity contribution in [3.8, 4) is 16.9 Å². The fraction of sp³-hybridized carbons (Fsp3) is 0.143. The van der Waals surface area contributed by atoms with Gasteiger partial charge >= 0.3 is 5.97 Å². The Morgan fingerprint density at radius 2 is 1.75 bits per heavy atom. The van der Waals surface area contributed by atoms with Gasteiger partial charge in [-0.05, 0) is 40.5 Å². The number of ether oxygens (including phenoxy) is 2. The van der Waals surface area contributed by atoms with Crippen LogP contribution in [0.5, 0.6) is 5.75 Å². The quantitative estimate of drug-likeness (QED) is 0.508. The van der Waals surface area contributed by atoms with Crippen LogP contribution in [0.3, 0.4) is 0 Å². The smallest absolute Gasteiger partial charge is 0.341 e. The molecule has 0 saturated heterocycles. The molecule has 0 aliphatic carbocycles. The van der Waals surface area contributed by atoms with Crippen LogP contribution in [-0.4, -0.2) is 25.6 Å². The van der Waals surface area contributed by atoms with Crippen molar-refractivity contribution < 1.29 is 19.1 Å². The maximum Gasteiger partial charge on any atom is 0.341 e. The zero-order valence-electron chi connectivity index (χ0n) is 15.3. The Labute approximate surface area is 175 Å². The van der Waals surface area contributed by atoms with Crippen molar-refractivity contribution in [2.75, 3.05) is 19.0 Å². The molecule has 0 aliphatic rings. The lowest BCUT2D eigenvalue weighted by atomic mass is 10.0. The molecule has 1 N–H and O–H groups in total. The molecule has 0 saturated carbocycles. The van der Waals surface area contributed by atoms with Gasteiger partial charge < -0.3 is 14.8 Å². The van der Waals surface area contributed by atoms with Gasteiger partial charge in [0.05, 0.1) is 11.6 Å². The number of hydrogen-bond donors (Lipinski definition) is 1. The van der Waals surface area contributed by atoms with E-state index in [2.05, 4.69) is 21.2 Å². The number of aryl methyl sites for hydroxylation is 1. The van der Waals surface area contributed by atoms with Gasteiger partial charge in [-0.3, -0.25) is 4.79 Å². The van der Waals surface area contributed by atoms with E-state index in [1.165, 1.54) is 18.4 Å². The molecule has 0 spiro atoms. The lowest BCUT2D eigenvalue weighted by Gasteiger charge is -2.10. The molecule has 1 amide bonds. The van der Waals surface area contributed by atoms with Gasteiger partial charge in [-0.25, -0.2) is 4.79 Å². The molecule has 0 unspecified atom stereocenters. The number of nitrogens with one attached hydrogen (secondary N) is 1. The summed E-state index contributed by atoms with van der Waals surface area (Å²) in [7, 11) is 1.33. The third-order valence-corrected chi connectivity index (χ3v) is 5.66. The first kappa shape index (κ1) is 20.1. The summed E-state index contributed by atoms with van der Waals surface area (Å²) in [6.45, 7) is 1.73. The van der Waals surface area contributed by atoms with Gasteiger partial charge in [-0.15, -0.1) is 11.3 Å². The highest BCUT2D eigenvalue weighted by Crippen LogP contribution is 2.40. The average molecular weight is 460 g/mol. The molecule has 2 aromatic carbocycles. The van der Waals surface area contributed by atoms with Crippen molar-refractivity contribution in [1.29, 1.82) is 0 Å². The first-order valence-electron chi connectivity index (χ1n) is 8.45. The van der Waals surface area contributed by atoms with Crippen LogP contribution in [0.15, 0.2) is 59.1 Å². The second-order valence-corrected chi connectivity index (χ2v) is 7.94. The summed E-state index contributed by atoms with van der Waals surface area (Å²) in [5, 5.41) is 3.23. The molecule has 0 radical (unpaired) electrons. The number of rotatable bonds is 6. The van der Waals surface area contributed by atoms with E-state index in [-0.39, 0.29) is 12.5 Å². The van der Waals surface area contributed by atoms with Crippen molar-refractivity contribution in [2.24, 2.45) is 0 Å². The number of anilines is 1. The molecule has 0 fully saturated rings. The van der Waals surface area contributed by atoms with E-state index in [9.17, 15) is 9.59 Å². The molecule has 1 heterocycles. The molecule has 0 aliphatic heterocycles. The van der Waals surface area contributed by atoms with Gasteiger partial charge in [0.2, 0.25) is 0 Å². The van der Waals surface area contributed by atoms with Crippen molar-refractivity contribution >= 4 is 44.1 Å². The minimum absolute atomic E-state index is 0.180. The number of halogens is 1. The second kappa shape index (κ2) is 9.03. The van der Waals surface area contributed by atoms with Gasteiger partial charge in [0, 0.05) is 10.4 Å². The number of benzene rings is 2. The highest BCUT2D eigenvalue weighted by atomic mass is 79.9. The maximum absolute atomic E-state index is 12.4. The lowest BCUT2D eigenvalue weighted by molar-refractivity contribution is -0.118. The molecule has 5 nitrogen and oxygen atoms in total. The fourth-order valence-electron chi connectivity index (χ4n) is 2.75. The maximum atomic E-state index is 12.4. The highest BCUT2D eigenvalue weighted by Gasteiger charge is 2.25. The largest absolute Gasteiger partial charge is 0.483 e. The van der Waals surface area contributed by atoms with Crippen LogP contribution in [-0.2, 0) is 9.53 Å². The van der Waals surface area contributed by atoms with E-state index in [1.807, 2.05) is 55.5 Å². The molecule has 144 valence electrons. The summed E-state index contributed by atoms with van der Waals surface area (Å²) in [5.74, 6) is -0.287. The Kier molecular flexibility index (Phi) is 6.49. The molecule has 3 rings (SSSR count). The summed E-state index contributed by atoms with van der Waals surface area (Å²) in [6.07, 6.45) is 0. The summed E-state index contributed by atoms with van der Waals surface area (Å²) in [4.78, 5) is 25.8. The van der Waals surface area contributed by atoms with Crippen LogP contribution in [0.4, 0.5) is 5.00 Å². The monoisotopic (exact) mass is 459 g/mol. The Balaban J connectivity index is 1.84. The Bertz CT molecular complexity index is 1000. The van der Waals surface area contributed by atoms with Gasteiger partial charge in [0.25, 0.3) is 5.91 Å². The standard InChI is InChI=1S/C21H18BrNO4S/c1-13-18(14-8-4-3-5-9-14)19(21(25)26-2)20(28-13)23-17(24)12-27-16-11-7-6-10-15(16)22/h3-11H,12H2,1-2H3,(H,23,24). The van der Waals surface area contributed by atoms with E-state index in [0.717, 1.165) is 20.5 Å². The molecular formula is C21H18BrNO4S. The van der Waals surface area contributed by atoms with E-state index in [1.54, 1.807) is 6.07 Å².